The van der Waals surface area contributed by atoms with E-state index >= 15 is 0 Å². The molecule has 0 spiro atoms. The van der Waals surface area contributed by atoms with Crippen LogP contribution in [0.2, 0.25) is 0 Å². The summed E-state index contributed by atoms with van der Waals surface area (Å²) in [5.41, 5.74) is 0. The van der Waals surface area contributed by atoms with E-state index in [1.807, 2.05) is 24.0 Å². The summed E-state index contributed by atoms with van der Waals surface area (Å²) >= 11 is 0. The van der Waals surface area contributed by atoms with Crippen LogP contribution in [0.4, 0.5) is 0 Å². The van der Waals surface area contributed by atoms with E-state index in [0.717, 1.165) is 19.0 Å². The van der Waals surface area contributed by atoms with Gasteiger partial charge in [0.25, 0.3) is 0 Å². The maximum atomic E-state index is 5.63. The average Bonchev–Trinajstić information content (AvgIpc) is 2.85. The van der Waals surface area contributed by atoms with Crippen LogP contribution >= 0.6 is 0 Å². The van der Waals surface area contributed by atoms with E-state index < -0.39 is 0 Å². The average molecular weight is 209 g/mol. The van der Waals surface area contributed by atoms with Crippen molar-refractivity contribution in [1.82, 2.24) is 14.9 Å². The normalized spacial score (nSPS) is 23.2. The first-order chi connectivity index (χ1) is 7.27. The molecule has 0 aliphatic carbocycles. The van der Waals surface area contributed by atoms with Crippen LogP contribution in [0.1, 0.15) is 25.6 Å². The molecule has 0 saturated carbocycles. The van der Waals surface area contributed by atoms with Crippen molar-refractivity contribution in [2.45, 2.75) is 38.5 Å². The van der Waals surface area contributed by atoms with Crippen molar-refractivity contribution < 1.29 is 4.74 Å². The number of hydrogen-bond acceptors (Lipinski definition) is 3. The number of rotatable bonds is 4. The van der Waals surface area contributed by atoms with Crippen molar-refractivity contribution in [2.75, 3.05) is 6.61 Å². The fourth-order valence-electron chi connectivity index (χ4n) is 1.95. The number of aromatic nitrogens is 2. The van der Waals surface area contributed by atoms with Gasteiger partial charge in [0.05, 0.1) is 12.6 Å². The van der Waals surface area contributed by atoms with Crippen LogP contribution < -0.4 is 5.32 Å². The Labute approximate surface area is 90.6 Å². The lowest BCUT2D eigenvalue weighted by atomic mass is 10.1. The zero-order valence-electron chi connectivity index (χ0n) is 9.44. The summed E-state index contributed by atoms with van der Waals surface area (Å²) < 4.78 is 7.66. The molecule has 0 bridgehead atoms. The zero-order chi connectivity index (χ0) is 10.7. The van der Waals surface area contributed by atoms with E-state index in [0.29, 0.717) is 12.1 Å². The Balaban J connectivity index is 1.80. The van der Waals surface area contributed by atoms with Crippen molar-refractivity contribution in [3.05, 3.63) is 18.2 Å². The Bertz CT molecular complexity index is 305. The lowest BCUT2D eigenvalue weighted by molar-refractivity contribution is 0.0829. The third-order valence-corrected chi connectivity index (χ3v) is 3.03. The van der Waals surface area contributed by atoms with Crippen LogP contribution in [-0.2, 0) is 18.3 Å². The summed E-state index contributed by atoms with van der Waals surface area (Å²) in [5.74, 6) is 1.07. The molecule has 1 aliphatic rings. The van der Waals surface area contributed by atoms with Gasteiger partial charge in [-0.3, -0.25) is 0 Å². The number of nitrogens with zero attached hydrogens (tertiary/aromatic N) is 2. The van der Waals surface area contributed by atoms with Crippen LogP contribution in [0, 0.1) is 0 Å². The first-order valence-corrected chi connectivity index (χ1v) is 5.58. The minimum Gasteiger partial charge on any atom is -0.377 e. The number of hydrogen-bond donors (Lipinski definition) is 1. The third-order valence-electron chi connectivity index (χ3n) is 3.03. The minimum atomic E-state index is 0.380. The van der Waals surface area contributed by atoms with E-state index in [-0.39, 0.29) is 0 Å². The Kier molecular flexibility index (Phi) is 3.38. The first-order valence-electron chi connectivity index (χ1n) is 5.58. The van der Waals surface area contributed by atoms with Gasteiger partial charge in [-0.2, -0.15) is 0 Å². The standard InChI is InChI=1S/C11H19N3O/c1-9(10-4-3-7-15-10)13-8-11-12-5-6-14(11)2/h5-6,9-10,13H,3-4,7-8H2,1-2H3. The van der Waals surface area contributed by atoms with Crippen LogP contribution in [-0.4, -0.2) is 28.3 Å². The highest BCUT2D eigenvalue weighted by atomic mass is 16.5. The molecular formula is C11H19N3O. The SMILES string of the molecule is CC(NCc1nccn1C)C1CCCO1. The van der Waals surface area contributed by atoms with Gasteiger partial charge in [-0.25, -0.2) is 4.98 Å². The number of aryl methyl sites for hydroxylation is 1. The predicted octanol–water partition coefficient (Wildman–Crippen LogP) is 1.08. The molecule has 1 aromatic rings. The summed E-state index contributed by atoms with van der Waals surface area (Å²) in [6.45, 7) is 3.91. The molecule has 4 nitrogen and oxygen atoms in total. The molecule has 0 aromatic carbocycles. The topological polar surface area (TPSA) is 39.1 Å². The molecule has 2 rings (SSSR count). The molecular weight excluding hydrogens is 190 g/mol. The number of ether oxygens (including phenoxy) is 1. The second-order valence-electron chi connectivity index (χ2n) is 4.18. The van der Waals surface area contributed by atoms with Gasteiger partial charge in [0, 0.05) is 32.1 Å². The highest BCUT2D eigenvalue weighted by Gasteiger charge is 2.21. The maximum absolute atomic E-state index is 5.63. The zero-order valence-corrected chi connectivity index (χ0v) is 9.44. The van der Waals surface area contributed by atoms with E-state index in [1.165, 1.54) is 12.8 Å². The van der Waals surface area contributed by atoms with Gasteiger partial charge in [-0.1, -0.05) is 0 Å². The molecule has 2 heterocycles. The smallest absolute Gasteiger partial charge is 0.122 e. The second kappa shape index (κ2) is 4.77. The highest BCUT2D eigenvalue weighted by Crippen LogP contribution is 2.15. The van der Waals surface area contributed by atoms with Gasteiger partial charge in [-0.05, 0) is 19.8 Å². The van der Waals surface area contributed by atoms with E-state index in [2.05, 4.69) is 17.2 Å². The number of imidazole rings is 1. The largest absolute Gasteiger partial charge is 0.377 e. The summed E-state index contributed by atoms with van der Waals surface area (Å²) in [6.07, 6.45) is 6.54. The number of nitrogens with one attached hydrogen (secondary N) is 1. The fourth-order valence-corrected chi connectivity index (χ4v) is 1.95. The van der Waals surface area contributed by atoms with Crippen LogP contribution in [0.25, 0.3) is 0 Å². The molecule has 1 aliphatic heterocycles. The van der Waals surface area contributed by atoms with E-state index in [4.69, 9.17) is 4.74 Å². The maximum Gasteiger partial charge on any atom is 0.122 e. The fraction of sp³-hybridized carbons (Fsp3) is 0.727. The molecule has 15 heavy (non-hydrogen) atoms. The van der Waals surface area contributed by atoms with Gasteiger partial charge in [-0.15, -0.1) is 0 Å². The lowest BCUT2D eigenvalue weighted by Crippen LogP contribution is -2.37. The van der Waals surface area contributed by atoms with E-state index in [9.17, 15) is 0 Å². The minimum absolute atomic E-state index is 0.380. The molecule has 2 atom stereocenters. The van der Waals surface area contributed by atoms with Crippen molar-refractivity contribution in [1.29, 1.82) is 0 Å². The Morgan fingerprint density at radius 2 is 2.60 bits per heavy atom. The van der Waals surface area contributed by atoms with Gasteiger partial charge in [0.2, 0.25) is 0 Å². The molecule has 2 unspecified atom stereocenters. The van der Waals surface area contributed by atoms with Gasteiger partial charge in [0.1, 0.15) is 5.82 Å². The van der Waals surface area contributed by atoms with Gasteiger partial charge in [0.15, 0.2) is 0 Å². The molecule has 1 N–H and O–H groups in total. The quantitative estimate of drug-likeness (QED) is 0.806. The van der Waals surface area contributed by atoms with Crippen LogP contribution in [0.5, 0.6) is 0 Å². The first kappa shape index (κ1) is 10.6. The Morgan fingerprint density at radius 3 is 3.20 bits per heavy atom. The van der Waals surface area contributed by atoms with Gasteiger partial charge >= 0.3 is 0 Å². The molecule has 0 amide bonds. The highest BCUT2D eigenvalue weighted by molar-refractivity contribution is 4.91. The second-order valence-corrected chi connectivity index (χ2v) is 4.18. The van der Waals surface area contributed by atoms with Crippen LogP contribution in [0.3, 0.4) is 0 Å². The Hall–Kier alpha value is -0.870. The van der Waals surface area contributed by atoms with Crippen LogP contribution in [0.15, 0.2) is 12.4 Å². The van der Waals surface area contributed by atoms with Crippen molar-refractivity contribution in [3.63, 3.8) is 0 Å². The molecule has 0 radical (unpaired) electrons. The van der Waals surface area contributed by atoms with Gasteiger partial charge < -0.3 is 14.6 Å². The Morgan fingerprint density at radius 1 is 1.73 bits per heavy atom. The summed E-state index contributed by atoms with van der Waals surface area (Å²) in [6, 6.07) is 0.407. The predicted molar refractivity (Wildman–Crippen MR) is 58.5 cm³/mol. The van der Waals surface area contributed by atoms with Crippen molar-refractivity contribution >= 4 is 0 Å². The summed E-state index contributed by atoms with van der Waals surface area (Å²) in [5, 5.41) is 3.46. The summed E-state index contributed by atoms with van der Waals surface area (Å²) in [4.78, 5) is 4.27. The molecule has 4 heteroatoms. The molecule has 84 valence electrons. The van der Waals surface area contributed by atoms with Crippen molar-refractivity contribution in [2.24, 2.45) is 7.05 Å². The molecule has 1 aromatic heterocycles. The van der Waals surface area contributed by atoms with Crippen molar-refractivity contribution in [3.8, 4) is 0 Å². The third kappa shape index (κ3) is 2.58. The summed E-state index contributed by atoms with van der Waals surface area (Å²) in [7, 11) is 2.01. The monoisotopic (exact) mass is 209 g/mol. The lowest BCUT2D eigenvalue weighted by Gasteiger charge is -2.19. The molecule has 1 saturated heterocycles. The molecule has 1 fully saturated rings. The van der Waals surface area contributed by atoms with E-state index in [1.54, 1.807) is 0 Å².